The number of benzene rings is 1. The Morgan fingerprint density at radius 3 is 2.86 bits per heavy atom. The Kier molecular flexibility index (Phi) is 6.97. The monoisotopic (exact) mass is 498 g/mol. The predicted molar refractivity (Wildman–Crippen MR) is 128 cm³/mol. The van der Waals surface area contributed by atoms with E-state index < -0.39 is 11.9 Å². The molecular weight excluding hydrogens is 471 g/mol. The summed E-state index contributed by atoms with van der Waals surface area (Å²) in [6.07, 6.45) is 8.94. The fourth-order valence-electron chi connectivity index (χ4n) is 4.68. The van der Waals surface area contributed by atoms with E-state index in [1.54, 1.807) is 35.1 Å². The van der Waals surface area contributed by atoms with Gasteiger partial charge in [0.1, 0.15) is 11.6 Å². The predicted octanol–water partition coefficient (Wildman–Crippen LogP) is 3.83. The van der Waals surface area contributed by atoms with E-state index in [0.29, 0.717) is 31.0 Å². The Balaban J connectivity index is 1.32. The lowest BCUT2D eigenvalue weighted by molar-refractivity contribution is 0.0659. The zero-order valence-electron chi connectivity index (χ0n) is 19.6. The van der Waals surface area contributed by atoms with Gasteiger partial charge in [-0.25, -0.2) is 19.2 Å². The van der Waals surface area contributed by atoms with Gasteiger partial charge < -0.3 is 15.0 Å². The number of rotatable bonds is 5. The average Bonchev–Trinajstić information content (AvgIpc) is 3.30. The number of amides is 2. The van der Waals surface area contributed by atoms with Crippen LogP contribution in [0.5, 0.6) is 0 Å². The fourth-order valence-corrected chi connectivity index (χ4v) is 4.80. The standard InChI is InChI=1S/C25H28ClFN6O2/c1-32-14-19(13-29-32)24(17-2-3-20(26)21(27)11-17)31-25(34)33-7-4-18-12-28-23(30-22(18)15-33)10-16-5-8-35-9-6-16/h2-3,11-14,16,24H,4-10,15H2,1H3,(H,31,34)/t24-/m0/s1. The summed E-state index contributed by atoms with van der Waals surface area (Å²) in [5, 5.41) is 7.31. The molecule has 8 nitrogen and oxygen atoms in total. The minimum Gasteiger partial charge on any atom is -0.381 e. The maximum atomic E-state index is 14.2. The molecule has 1 saturated heterocycles. The summed E-state index contributed by atoms with van der Waals surface area (Å²) in [5.41, 5.74) is 3.31. The summed E-state index contributed by atoms with van der Waals surface area (Å²) in [4.78, 5) is 24.5. The Hall–Kier alpha value is -3.04. The van der Waals surface area contributed by atoms with E-state index in [0.717, 1.165) is 55.1 Å². The lowest BCUT2D eigenvalue weighted by Crippen LogP contribution is -2.44. The molecule has 35 heavy (non-hydrogen) atoms. The van der Waals surface area contributed by atoms with Crippen molar-refractivity contribution in [2.45, 2.75) is 38.3 Å². The maximum Gasteiger partial charge on any atom is 0.318 e. The van der Waals surface area contributed by atoms with Crippen LogP contribution in [-0.4, -0.2) is 50.4 Å². The molecule has 184 valence electrons. The minimum atomic E-state index is -0.571. The Bertz CT molecular complexity index is 1210. The summed E-state index contributed by atoms with van der Waals surface area (Å²) in [6, 6.07) is 3.74. The lowest BCUT2D eigenvalue weighted by Gasteiger charge is -2.30. The van der Waals surface area contributed by atoms with Crippen LogP contribution in [0.15, 0.2) is 36.8 Å². The molecule has 0 saturated carbocycles. The number of ether oxygens (including phenoxy) is 1. The van der Waals surface area contributed by atoms with Gasteiger partial charge in [-0.3, -0.25) is 4.68 Å². The normalized spacial score (nSPS) is 17.2. The molecule has 0 aliphatic carbocycles. The van der Waals surface area contributed by atoms with Gasteiger partial charge >= 0.3 is 6.03 Å². The van der Waals surface area contributed by atoms with E-state index in [2.05, 4.69) is 15.4 Å². The molecule has 1 fully saturated rings. The zero-order valence-corrected chi connectivity index (χ0v) is 20.3. The van der Waals surface area contributed by atoms with Crippen molar-refractivity contribution in [3.05, 3.63) is 75.8 Å². The van der Waals surface area contributed by atoms with Crippen molar-refractivity contribution < 1.29 is 13.9 Å². The summed E-state index contributed by atoms with van der Waals surface area (Å²) in [7, 11) is 1.80. The van der Waals surface area contributed by atoms with Gasteiger partial charge in [-0.15, -0.1) is 0 Å². The summed E-state index contributed by atoms with van der Waals surface area (Å²) in [6.45, 7) is 2.54. The Morgan fingerprint density at radius 1 is 1.29 bits per heavy atom. The second-order valence-electron chi connectivity index (χ2n) is 9.19. The van der Waals surface area contributed by atoms with E-state index >= 15 is 0 Å². The van der Waals surface area contributed by atoms with Crippen molar-refractivity contribution in [1.82, 2.24) is 30.0 Å². The second-order valence-corrected chi connectivity index (χ2v) is 9.60. The number of hydrogen-bond acceptors (Lipinski definition) is 5. The molecule has 2 aliphatic heterocycles. The molecule has 4 heterocycles. The molecule has 0 spiro atoms. The number of urea groups is 1. The first-order valence-corrected chi connectivity index (χ1v) is 12.2. The van der Waals surface area contributed by atoms with Gasteiger partial charge in [-0.2, -0.15) is 5.10 Å². The number of hydrogen-bond donors (Lipinski definition) is 1. The van der Waals surface area contributed by atoms with Crippen molar-refractivity contribution in [3.8, 4) is 0 Å². The third-order valence-electron chi connectivity index (χ3n) is 6.70. The number of carbonyl (C=O) groups excluding carboxylic acids is 1. The molecule has 0 unspecified atom stereocenters. The van der Waals surface area contributed by atoms with Gasteiger partial charge in [0.25, 0.3) is 0 Å². The number of nitrogens with zero attached hydrogens (tertiary/aromatic N) is 5. The van der Waals surface area contributed by atoms with Crippen LogP contribution in [0.3, 0.4) is 0 Å². The van der Waals surface area contributed by atoms with E-state index in [1.165, 1.54) is 12.1 Å². The third kappa shape index (κ3) is 5.46. The highest BCUT2D eigenvalue weighted by Gasteiger charge is 2.27. The van der Waals surface area contributed by atoms with Crippen molar-refractivity contribution in [1.29, 1.82) is 0 Å². The zero-order chi connectivity index (χ0) is 24.4. The fraction of sp³-hybridized carbons (Fsp3) is 0.440. The number of aryl methyl sites for hydroxylation is 1. The first kappa shape index (κ1) is 23.7. The summed E-state index contributed by atoms with van der Waals surface area (Å²) >= 11 is 5.88. The molecule has 3 aromatic rings. The molecule has 0 radical (unpaired) electrons. The minimum absolute atomic E-state index is 0.0360. The van der Waals surface area contributed by atoms with Crippen molar-refractivity contribution in [3.63, 3.8) is 0 Å². The van der Waals surface area contributed by atoms with Crippen LogP contribution in [0, 0.1) is 11.7 Å². The van der Waals surface area contributed by atoms with Crippen LogP contribution >= 0.6 is 11.6 Å². The number of fused-ring (bicyclic) bond motifs is 1. The Labute approximate surface area is 208 Å². The van der Waals surface area contributed by atoms with Gasteiger partial charge in [-0.1, -0.05) is 17.7 Å². The number of nitrogens with one attached hydrogen (secondary N) is 1. The van der Waals surface area contributed by atoms with Crippen LogP contribution in [0.4, 0.5) is 9.18 Å². The molecule has 1 N–H and O–H groups in total. The van der Waals surface area contributed by atoms with E-state index in [-0.39, 0.29) is 11.1 Å². The second kappa shape index (κ2) is 10.3. The van der Waals surface area contributed by atoms with Crippen molar-refractivity contribution in [2.75, 3.05) is 19.8 Å². The summed E-state index contributed by atoms with van der Waals surface area (Å²) < 4.78 is 21.3. The van der Waals surface area contributed by atoms with E-state index in [4.69, 9.17) is 21.3 Å². The van der Waals surface area contributed by atoms with Crippen LogP contribution in [0.1, 0.15) is 47.1 Å². The van der Waals surface area contributed by atoms with Crippen molar-refractivity contribution >= 4 is 17.6 Å². The molecule has 1 atom stereocenters. The SMILES string of the molecule is Cn1cc([C@@H](NC(=O)N2CCc3cnc(CC4CCOCC4)nc3C2)c2ccc(Cl)c(F)c2)cn1. The molecule has 10 heteroatoms. The van der Waals surface area contributed by atoms with Gasteiger partial charge in [0.05, 0.1) is 29.5 Å². The van der Waals surface area contributed by atoms with Crippen LogP contribution in [0.2, 0.25) is 5.02 Å². The molecule has 1 aromatic carbocycles. The van der Waals surface area contributed by atoms with Crippen LogP contribution in [-0.2, 0) is 31.2 Å². The van der Waals surface area contributed by atoms with Gasteiger partial charge in [0.2, 0.25) is 0 Å². The highest BCUT2D eigenvalue weighted by molar-refractivity contribution is 6.30. The molecule has 2 aromatic heterocycles. The highest BCUT2D eigenvalue weighted by Crippen LogP contribution is 2.27. The maximum absolute atomic E-state index is 14.2. The van der Waals surface area contributed by atoms with E-state index in [1.807, 2.05) is 6.20 Å². The van der Waals surface area contributed by atoms with E-state index in [9.17, 15) is 9.18 Å². The van der Waals surface area contributed by atoms with Crippen LogP contribution in [0.25, 0.3) is 0 Å². The molecule has 2 aliphatic rings. The molecule has 5 rings (SSSR count). The first-order chi connectivity index (χ1) is 17.0. The van der Waals surface area contributed by atoms with Gasteiger partial charge in [-0.05, 0) is 48.4 Å². The van der Waals surface area contributed by atoms with Gasteiger partial charge in [0.15, 0.2) is 0 Å². The largest absolute Gasteiger partial charge is 0.381 e. The van der Waals surface area contributed by atoms with Gasteiger partial charge in [0, 0.05) is 51.2 Å². The molecule has 0 bridgehead atoms. The number of carbonyl (C=O) groups is 1. The lowest BCUT2D eigenvalue weighted by atomic mass is 9.96. The number of aromatic nitrogens is 4. The molecular formula is C25H28ClFN6O2. The topological polar surface area (TPSA) is 85.2 Å². The third-order valence-corrected chi connectivity index (χ3v) is 7.00. The van der Waals surface area contributed by atoms with Crippen molar-refractivity contribution in [2.24, 2.45) is 13.0 Å². The van der Waals surface area contributed by atoms with Crippen LogP contribution < -0.4 is 5.32 Å². The summed E-state index contributed by atoms with van der Waals surface area (Å²) in [5.74, 6) is 0.820. The highest BCUT2D eigenvalue weighted by atomic mass is 35.5. The Morgan fingerprint density at radius 2 is 2.11 bits per heavy atom. The first-order valence-electron chi connectivity index (χ1n) is 11.9. The quantitative estimate of drug-likeness (QED) is 0.578. The smallest absolute Gasteiger partial charge is 0.318 e. The molecule has 2 amide bonds. The number of halogens is 2. The average molecular weight is 499 g/mol.